The maximum atomic E-state index is 12.2. The normalized spacial score (nSPS) is 11.1. The molecule has 1 amide bonds. The van der Waals surface area contributed by atoms with Crippen molar-refractivity contribution in [2.24, 2.45) is 0 Å². The largest absolute Gasteiger partial charge is 0.493 e. The molecule has 3 aromatic rings. The number of carboxylic acids is 1. The molecule has 28 heavy (non-hydrogen) atoms. The van der Waals surface area contributed by atoms with Gasteiger partial charge in [-0.3, -0.25) is 4.79 Å². The van der Waals surface area contributed by atoms with Crippen LogP contribution in [0.1, 0.15) is 23.0 Å². The van der Waals surface area contributed by atoms with Crippen LogP contribution >= 0.6 is 0 Å². The first-order valence-electron chi connectivity index (χ1n) is 8.72. The fourth-order valence-electron chi connectivity index (χ4n) is 2.60. The van der Waals surface area contributed by atoms with Crippen molar-refractivity contribution in [2.75, 3.05) is 6.61 Å². The van der Waals surface area contributed by atoms with Gasteiger partial charge in [-0.05, 0) is 43.3 Å². The second-order valence-electron chi connectivity index (χ2n) is 5.81. The fourth-order valence-corrected chi connectivity index (χ4v) is 2.60. The minimum Gasteiger partial charge on any atom is -0.493 e. The minimum atomic E-state index is -1.27. The zero-order valence-electron chi connectivity index (χ0n) is 15.2. The maximum Gasteiger partial charge on any atom is 0.352 e. The quantitative estimate of drug-likeness (QED) is 0.603. The SMILES string of the molecule is CCOc1ccccc1-c1ccc(C=C(NC(=O)c2ccccc2)C(=O)O)o1. The second kappa shape index (κ2) is 8.73. The van der Waals surface area contributed by atoms with Gasteiger partial charge in [0, 0.05) is 11.6 Å². The molecule has 0 radical (unpaired) electrons. The lowest BCUT2D eigenvalue weighted by Gasteiger charge is -2.07. The van der Waals surface area contributed by atoms with Crippen LogP contribution in [0.5, 0.6) is 5.75 Å². The third-order valence-corrected chi connectivity index (χ3v) is 3.88. The Kier molecular flexibility index (Phi) is 5.91. The number of ether oxygens (including phenoxy) is 1. The van der Waals surface area contributed by atoms with Crippen LogP contribution in [0.2, 0.25) is 0 Å². The van der Waals surface area contributed by atoms with Crippen molar-refractivity contribution in [3.63, 3.8) is 0 Å². The smallest absolute Gasteiger partial charge is 0.352 e. The zero-order chi connectivity index (χ0) is 19.9. The molecule has 0 bridgehead atoms. The number of amides is 1. The Morgan fingerprint density at radius 2 is 1.75 bits per heavy atom. The number of nitrogens with one attached hydrogen (secondary N) is 1. The molecule has 0 spiro atoms. The Bertz CT molecular complexity index is 1000. The number of furan rings is 1. The Morgan fingerprint density at radius 3 is 2.46 bits per heavy atom. The lowest BCUT2D eigenvalue weighted by Crippen LogP contribution is -2.27. The molecule has 0 saturated heterocycles. The fraction of sp³-hybridized carbons (Fsp3) is 0.0909. The topological polar surface area (TPSA) is 88.8 Å². The Balaban J connectivity index is 1.85. The molecule has 0 unspecified atom stereocenters. The third-order valence-electron chi connectivity index (χ3n) is 3.88. The lowest BCUT2D eigenvalue weighted by molar-refractivity contribution is -0.132. The van der Waals surface area contributed by atoms with Gasteiger partial charge in [0.15, 0.2) is 0 Å². The molecule has 1 aromatic heterocycles. The van der Waals surface area contributed by atoms with Gasteiger partial charge in [-0.2, -0.15) is 0 Å². The van der Waals surface area contributed by atoms with Crippen molar-refractivity contribution in [1.29, 1.82) is 0 Å². The molecular formula is C22H19NO5. The maximum absolute atomic E-state index is 12.2. The molecule has 3 rings (SSSR count). The van der Waals surface area contributed by atoms with Gasteiger partial charge in [-0.15, -0.1) is 0 Å². The Hall–Kier alpha value is -3.80. The van der Waals surface area contributed by atoms with E-state index in [9.17, 15) is 14.7 Å². The standard InChI is InChI=1S/C22H19NO5/c1-2-27-19-11-7-6-10-17(19)20-13-12-16(28-20)14-18(22(25)26)23-21(24)15-8-4-3-5-9-15/h3-14H,2H2,1H3,(H,23,24)(H,25,26). The van der Waals surface area contributed by atoms with Gasteiger partial charge >= 0.3 is 5.97 Å². The molecule has 0 saturated carbocycles. The van der Waals surface area contributed by atoms with E-state index < -0.39 is 11.9 Å². The van der Waals surface area contributed by atoms with E-state index >= 15 is 0 Å². The Labute approximate surface area is 162 Å². The van der Waals surface area contributed by atoms with Gasteiger partial charge in [0.05, 0.1) is 12.2 Å². The second-order valence-corrected chi connectivity index (χ2v) is 5.81. The summed E-state index contributed by atoms with van der Waals surface area (Å²) in [5, 5.41) is 11.8. The summed E-state index contributed by atoms with van der Waals surface area (Å²) in [6.45, 7) is 2.40. The van der Waals surface area contributed by atoms with Crippen molar-refractivity contribution >= 4 is 18.0 Å². The van der Waals surface area contributed by atoms with Crippen LogP contribution in [0.15, 0.2) is 76.8 Å². The van der Waals surface area contributed by atoms with E-state index in [-0.39, 0.29) is 5.70 Å². The molecular weight excluding hydrogens is 358 g/mol. The molecule has 0 atom stereocenters. The first kappa shape index (κ1) is 19.0. The van der Waals surface area contributed by atoms with Crippen molar-refractivity contribution in [1.82, 2.24) is 5.32 Å². The highest BCUT2D eigenvalue weighted by Gasteiger charge is 2.15. The van der Waals surface area contributed by atoms with Gasteiger partial charge in [0.2, 0.25) is 0 Å². The van der Waals surface area contributed by atoms with Crippen LogP contribution < -0.4 is 10.1 Å². The van der Waals surface area contributed by atoms with Crippen molar-refractivity contribution in [3.8, 4) is 17.1 Å². The average molecular weight is 377 g/mol. The third kappa shape index (κ3) is 4.48. The number of hydrogen-bond donors (Lipinski definition) is 2. The van der Waals surface area contributed by atoms with E-state index in [4.69, 9.17) is 9.15 Å². The molecule has 6 nitrogen and oxygen atoms in total. The molecule has 6 heteroatoms. The highest BCUT2D eigenvalue weighted by molar-refractivity contribution is 6.02. The van der Waals surface area contributed by atoms with Crippen LogP contribution in [0.3, 0.4) is 0 Å². The van der Waals surface area contributed by atoms with Crippen molar-refractivity contribution in [2.45, 2.75) is 6.92 Å². The molecule has 2 N–H and O–H groups in total. The number of hydrogen-bond acceptors (Lipinski definition) is 4. The average Bonchev–Trinajstić information content (AvgIpc) is 3.17. The summed E-state index contributed by atoms with van der Waals surface area (Å²) in [7, 11) is 0. The lowest BCUT2D eigenvalue weighted by atomic mass is 10.1. The summed E-state index contributed by atoms with van der Waals surface area (Å²) in [5.74, 6) is -0.271. The van der Waals surface area contributed by atoms with Gasteiger partial charge in [0.25, 0.3) is 5.91 Å². The van der Waals surface area contributed by atoms with Crippen molar-refractivity contribution < 1.29 is 23.8 Å². The van der Waals surface area contributed by atoms with E-state index in [0.29, 0.717) is 29.4 Å². The predicted octanol–water partition coefficient (Wildman–Crippen LogP) is 4.20. The summed E-state index contributed by atoms with van der Waals surface area (Å²) >= 11 is 0. The van der Waals surface area contributed by atoms with E-state index in [2.05, 4.69) is 5.32 Å². The molecule has 0 aliphatic rings. The van der Waals surface area contributed by atoms with E-state index in [1.807, 2.05) is 31.2 Å². The summed E-state index contributed by atoms with van der Waals surface area (Å²) in [5.41, 5.74) is 0.836. The zero-order valence-corrected chi connectivity index (χ0v) is 15.2. The van der Waals surface area contributed by atoms with Gasteiger partial charge in [-0.1, -0.05) is 30.3 Å². The van der Waals surface area contributed by atoms with E-state index in [1.54, 1.807) is 42.5 Å². The van der Waals surface area contributed by atoms with E-state index in [0.717, 1.165) is 5.56 Å². The molecule has 0 fully saturated rings. The Morgan fingerprint density at radius 1 is 1.04 bits per heavy atom. The number of aliphatic carboxylic acids is 1. The van der Waals surface area contributed by atoms with Gasteiger partial charge in [0.1, 0.15) is 23.0 Å². The summed E-state index contributed by atoms with van der Waals surface area (Å²) in [4.78, 5) is 23.8. The number of rotatable bonds is 7. The van der Waals surface area contributed by atoms with E-state index in [1.165, 1.54) is 6.08 Å². The van der Waals surface area contributed by atoms with Crippen molar-refractivity contribution in [3.05, 3.63) is 83.8 Å². The number of benzene rings is 2. The minimum absolute atomic E-state index is 0.284. The monoisotopic (exact) mass is 377 g/mol. The summed E-state index contributed by atoms with van der Waals surface area (Å²) in [6, 6.07) is 19.1. The van der Waals surface area contributed by atoms with Crippen LogP contribution in [0, 0.1) is 0 Å². The first-order chi connectivity index (χ1) is 13.6. The summed E-state index contributed by atoms with van der Waals surface area (Å²) in [6.07, 6.45) is 1.27. The molecule has 1 heterocycles. The number of para-hydroxylation sites is 1. The molecule has 0 aliphatic heterocycles. The number of carboxylic acid groups (broad SMARTS) is 1. The first-order valence-corrected chi connectivity index (χ1v) is 8.72. The van der Waals surface area contributed by atoms with Crippen LogP contribution in [-0.2, 0) is 4.79 Å². The summed E-state index contributed by atoms with van der Waals surface area (Å²) < 4.78 is 11.3. The molecule has 142 valence electrons. The highest BCUT2D eigenvalue weighted by atomic mass is 16.5. The van der Waals surface area contributed by atoms with Gasteiger partial charge in [-0.25, -0.2) is 4.79 Å². The van der Waals surface area contributed by atoms with Crippen LogP contribution in [0.4, 0.5) is 0 Å². The van der Waals surface area contributed by atoms with Crippen LogP contribution in [-0.4, -0.2) is 23.6 Å². The highest BCUT2D eigenvalue weighted by Crippen LogP contribution is 2.31. The number of carbonyl (C=O) groups is 2. The number of carbonyl (C=O) groups excluding carboxylic acids is 1. The molecule has 2 aromatic carbocycles. The van der Waals surface area contributed by atoms with Gasteiger partial charge < -0.3 is 19.6 Å². The molecule has 0 aliphatic carbocycles. The predicted molar refractivity (Wildman–Crippen MR) is 105 cm³/mol. The van der Waals surface area contributed by atoms with Crippen LogP contribution in [0.25, 0.3) is 17.4 Å².